The van der Waals surface area contributed by atoms with E-state index in [0.717, 1.165) is 86.7 Å². The summed E-state index contributed by atoms with van der Waals surface area (Å²) in [7, 11) is 4.39. The molecular formula is C58H78N4O6. The minimum Gasteiger partial charge on any atom is -0.504 e. The Kier molecular flexibility index (Phi) is 17.8. The molecule has 10 nitrogen and oxygen atoms in total. The largest absolute Gasteiger partial charge is 0.504 e. The number of hydrogen-bond donors (Lipinski definition) is 4. The summed E-state index contributed by atoms with van der Waals surface area (Å²) in [6.07, 6.45) is 23.1. The number of aromatic hydroxyl groups is 2. The Hall–Kier alpha value is -5.06. The Bertz CT molecular complexity index is 2170. The summed E-state index contributed by atoms with van der Waals surface area (Å²) in [4.78, 5) is 29.7. The zero-order chi connectivity index (χ0) is 47.2. The molecule has 4 aliphatic rings. The van der Waals surface area contributed by atoms with Crippen molar-refractivity contribution in [1.82, 2.24) is 20.4 Å². The van der Waals surface area contributed by atoms with Crippen molar-refractivity contribution in [3.8, 4) is 45.3 Å². The predicted molar refractivity (Wildman–Crippen MR) is 273 cm³/mol. The van der Waals surface area contributed by atoms with Crippen LogP contribution in [-0.4, -0.2) is 85.3 Å². The quantitative estimate of drug-likeness (QED) is 0.0436. The van der Waals surface area contributed by atoms with Crippen LogP contribution in [0.4, 0.5) is 0 Å². The van der Waals surface area contributed by atoms with E-state index < -0.39 is 0 Å². The van der Waals surface area contributed by atoms with E-state index in [-0.39, 0.29) is 23.3 Å². The van der Waals surface area contributed by atoms with Gasteiger partial charge >= 0.3 is 0 Å². The third-order valence-electron chi connectivity index (χ3n) is 15.3. The lowest BCUT2D eigenvalue weighted by Crippen LogP contribution is -2.35. The molecule has 4 aromatic rings. The molecule has 0 spiro atoms. The summed E-state index contributed by atoms with van der Waals surface area (Å²) >= 11 is 0. The molecule has 68 heavy (non-hydrogen) atoms. The number of fused-ring (bicyclic) bond motifs is 4. The second kappa shape index (κ2) is 24.5. The third kappa shape index (κ3) is 12.2. The molecule has 366 valence electrons. The summed E-state index contributed by atoms with van der Waals surface area (Å²) < 4.78 is 12.1. The molecule has 0 radical (unpaired) electrons. The molecule has 0 unspecified atom stereocenters. The molecule has 2 aliphatic carbocycles. The Labute approximate surface area is 406 Å². The molecule has 4 aromatic carbocycles. The second-order valence-electron chi connectivity index (χ2n) is 20.1. The Morgan fingerprint density at radius 2 is 0.897 bits per heavy atom. The van der Waals surface area contributed by atoms with Crippen LogP contribution in [0.15, 0.2) is 60.7 Å². The summed E-state index contributed by atoms with van der Waals surface area (Å²) in [6.45, 7) is 4.13. The number of nitrogens with one attached hydrogen (secondary N) is 2. The van der Waals surface area contributed by atoms with Gasteiger partial charge in [-0.15, -0.1) is 0 Å². The minimum atomic E-state index is 0.112. The fourth-order valence-electron chi connectivity index (χ4n) is 11.4. The van der Waals surface area contributed by atoms with Crippen LogP contribution in [0.5, 0.6) is 23.0 Å². The van der Waals surface area contributed by atoms with Gasteiger partial charge < -0.3 is 30.3 Å². The van der Waals surface area contributed by atoms with E-state index in [2.05, 4.69) is 83.1 Å². The van der Waals surface area contributed by atoms with E-state index in [9.17, 15) is 19.8 Å². The molecule has 2 amide bonds. The van der Waals surface area contributed by atoms with Crippen molar-refractivity contribution in [3.05, 3.63) is 94.0 Å². The van der Waals surface area contributed by atoms with E-state index in [4.69, 9.17) is 9.47 Å². The van der Waals surface area contributed by atoms with E-state index in [1.54, 1.807) is 0 Å². The first-order valence-electron chi connectivity index (χ1n) is 26.4. The van der Waals surface area contributed by atoms with Gasteiger partial charge in [0.25, 0.3) is 0 Å². The van der Waals surface area contributed by atoms with Gasteiger partial charge in [-0.3, -0.25) is 19.4 Å². The number of phenolic OH excluding ortho intramolecular Hbond substituents is 2. The molecule has 8 rings (SSSR count). The van der Waals surface area contributed by atoms with Crippen LogP contribution in [-0.2, 0) is 35.3 Å². The van der Waals surface area contributed by atoms with Gasteiger partial charge in [0.15, 0.2) is 23.0 Å². The van der Waals surface area contributed by atoms with Gasteiger partial charge in [-0.25, -0.2) is 0 Å². The topological polar surface area (TPSA) is 124 Å². The number of phenols is 2. The molecule has 0 saturated carbocycles. The highest BCUT2D eigenvalue weighted by atomic mass is 16.5. The van der Waals surface area contributed by atoms with Gasteiger partial charge in [-0.2, -0.15) is 0 Å². The van der Waals surface area contributed by atoms with Crippen molar-refractivity contribution in [3.63, 3.8) is 0 Å². The summed E-state index contributed by atoms with van der Waals surface area (Å²) in [5.74, 6) is 1.71. The highest BCUT2D eigenvalue weighted by molar-refractivity contribution is 5.83. The number of amides is 2. The lowest BCUT2D eigenvalue weighted by Gasteiger charge is -2.40. The van der Waals surface area contributed by atoms with Crippen molar-refractivity contribution in [2.45, 2.75) is 153 Å². The standard InChI is InChI=1S/C58H78N4O6/c1-61-35-31-41-21-17-23-45-53(41)47(61)39-43-27-29-49(57(65)55(43)45)67-37-19-33-59-51(63)25-15-13-11-9-7-5-3-4-6-8-10-12-14-16-26-52(64)60-34-20-38-68-50-30-28-44-40-48-54-42(32-36-62(48)2)22-18-24-46(54)56(44)58(50)66/h17-18,21-24,27-30,47-48,65-66H,3-16,19-20,25-26,31-40H2,1-2H3,(H,59,63)(H,60,64)/t47-,48-/m1/s1. The first-order chi connectivity index (χ1) is 33.3. The van der Waals surface area contributed by atoms with Crippen LogP contribution in [0.1, 0.15) is 161 Å². The van der Waals surface area contributed by atoms with Crippen LogP contribution in [0.3, 0.4) is 0 Å². The third-order valence-corrected chi connectivity index (χ3v) is 15.3. The molecule has 0 saturated heterocycles. The van der Waals surface area contributed by atoms with E-state index in [1.807, 2.05) is 12.1 Å². The van der Waals surface area contributed by atoms with Crippen molar-refractivity contribution in [2.24, 2.45) is 0 Å². The Morgan fingerprint density at radius 3 is 1.29 bits per heavy atom. The highest BCUT2D eigenvalue weighted by Crippen LogP contribution is 2.52. The van der Waals surface area contributed by atoms with Gasteiger partial charge in [0.1, 0.15) is 0 Å². The maximum atomic E-state index is 12.4. The normalized spacial score (nSPS) is 16.9. The fraction of sp³-hybridized carbons (Fsp3) is 0.552. The minimum absolute atomic E-state index is 0.112. The van der Waals surface area contributed by atoms with Crippen LogP contribution in [0.2, 0.25) is 0 Å². The van der Waals surface area contributed by atoms with Crippen LogP contribution in [0, 0.1) is 0 Å². The summed E-state index contributed by atoms with van der Waals surface area (Å²) in [5.41, 5.74) is 11.9. The van der Waals surface area contributed by atoms with Gasteiger partial charge in [0, 0.05) is 62.2 Å². The number of benzene rings is 4. The van der Waals surface area contributed by atoms with E-state index >= 15 is 0 Å². The molecule has 0 bridgehead atoms. The van der Waals surface area contributed by atoms with Crippen molar-refractivity contribution >= 4 is 11.8 Å². The smallest absolute Gasteiger partial charge is 0.219 e. The van der Waals surface area contributed by atoms with Gasteiger partial charge in [-0.05, 0) is 122 Å². The molecule has 2 atom stereocenters. The molecule has 2 aliphatic heterocycles. The molecule has 0 fully saturated rings. The number of ether oxygens (including phenoxy) is 2. The average Bonchev–Trinajstić information content (AvgIpc) is 3.34. The van der Waals surface area contributed by atoms with Crippen LogP contribution < -0.4 is 20.1 Å². The summed E-state index contributed by atoms with van der Waals surface area (Å²) in [5, 5.41) is 28.7. The number of rotatable bonds is 27. The van der Waals surface area contributed by atoms with Gasteiger partial charge in [0.05, 0.1) is 13.2 Å². The number of likely N-dealkylation sites (N-methyl/N-ethyl adjacent to an activating group) is 2. The van der Waals surface area contributed by atoms with Gasteiger partial charge in [-0.1, -0.05) is 126 Å². The highest BCUT2D eigenvalue weighted by Gasteiger charge is 2.36. The number of hydrogen-bond acceptors (Lipinski definition) is 8. The van der Waals surface area contributed by atoms with Crippen molar-refractivity contribution in [2.75, 3.05) is 53.5 Å². The monoisotopic (exact) mass is 927 g/mol. The van der Waals surface area contributed by atoms with Gasteiger partial charge in [0.2, 0.25) is 11.8 Å². The number of carbonyl (C=O) groups excluding carboxylic acids is 2. The molecule has 2 heterocycles. The lowest BCUT2D eigenvalue weighted by atomic mass is 9.77. The van der Waals surface area contributed by atoms with E-state index in [0.29, 0.717) is 75.6 Å². The van der Waals surface area contributed by atoms with Crippen molar-refractivity contribution < 1.29 is 29.3 Å². The number of nitrogens with zero attached hydrogens (tertiary/aromatic N) is 2. The fourth-order valence-corrected chi connectivity index (χ4v) is 11.4. The number of unbranched alkanes of at least 4 members (excludes halogenated alkanes) is 13. The van der Waals surface area contributed by atoms with Crippen LogP contribution in [0.25, 0.3) is 22.3 Å². The summed E-state index contributed by atoms with van der Waals surface area (Å²) in [6, 6.07) is 21.6. The lowest BCUT2D eigenvalue weighted by molar-refractivity contribution is -0.122. The molecule has 0 aromatic heterocycles. The molecule has 10 heteroatoms. The first-order valence-corrected chi connectivity index (χ1v) is 26.4. The Morgan fingerprint density at radius 1 is 0.515 bits per heavy atom. The second-order valence-corrected chi connectivity index (χ2v) is 20.1. The SMILES string of the molecule is CN1CCc2cccc3c2[C@H]1Cc1ccc(OCCCNC(=O)CCCCCCCCCCCCCCCCC(=O)NCCCOc2ccc4c(c2O)-c2cccc5c2[C@@H](C4)N(C)CC5)c(O)c1-3. The first kappa shape index (κ1) is 49.4. The molecular weight excluding hydrogens is 849 g/mol. The average molecular weight is 927 g/mol. The zero-order valence-corrected chi connectivity index (χ0v) is 41.1. The number of carbonyl (C=O) groups is 2. The van der Waals surface area contributed by atoms with Crippen molar-refractivity contribution in [1.29, 1.82) is 0 Å². The zero-order valence-electron chi connectivity index (χ0n) is 41.1. The maximum Gasteiger partial charge on any atom is 0.219 e. The van der Waals surface area contributed by atoms with Crippen LogP contribution >= 0.6 is 0 Å². The van der Waals surface area contributed by atoms with E-state index in [1.165, 1.54) is 97.6 Å². The Balaban J connectivity index is 0.572. The molecule has 4 N–H and O–H groups in total. The predicted octanol–water partition coefficient (Wildman–Crippen LogP) is 11.3. The maximum absolute atomic E-state index is 12.4.